The minimum absolute atomic E-state index is 0.315. The van der Waals surface area contributed by atoms with Crippen LogP contribution < -0.4 is 0 Å². The van der Waals surface area contributed by atoms with E-state index in [0.29, 0.717) is 21.9 Å². The van der Waals surface area contributed by atoms with Crippen LogP contribution in [0.3, 0.4) is 0 Å². The Kier molecular flexibility index (Phi) is 4.51. The molecule has 0 aliphatic carbocycles. The van der Waals surface area contributed by atoms with Crippen LogP contribution in [0.5, 0.6) is 0 Å². The molecule has 20 heavy (non-hydrogen) atoms. The number of nitriles is 1. The molecule has 0 saturated carbocycles. The monoisotopic (exact) mass is 282 g/mol. The van der Waals surface area contributed by atoms with E-state index in [4.69, 9.17) is 10.8 Å². The summed E-state index contributed by atoms with van der Waals surface area (Å²) in [6.45, 7) is 0. The minimum Gasteiger partial charge on any atom is -0.254 e. The predicted octanol–water partition coefficient (Wildman–Crippen LogP) is 3.81. The molecule has 0 saturated heterocycles. The van der Waals surface area contributed by atoms with Crippen LogP contribution in [0.1, 0.15) is 11.1 Å². The molecule has 0 unspecified atom stereocenters. The Morgan fingerprint density at radius 3 is 2.65 bits per heavy atom. The molecule has 0 amide bonds. The van der Waals surface area contributed by atoms with E-state index in [1.54, 1.807) is 0 Å². The summed E-state index contributed by atoms with van der Waals surface area (Å²) in [5, 5.41) is 12.5. The average molecular weight is 282 g/mol. The number of hydrogen-bond donors (Lipinski definition) is 0. The molecule has 6 heteroatoms. The largest absolute Gasteiger partial charge is 0.254 e. The number of hydrogen-bond acceptors (Lipinski definition) is 3. The van der Waals surface area contributed by atoms with Crippen molar-refractivity contribution in [2.24, 2.45) is 5.11 Å². The Bertz CT molecular complexity index is 731. The van der Waals surface area contributed by atoms with Crippen molar-refractivity contribution in [3.8, 4) is 6.07 Å². The van der Waals surface area contributed by atoms with Gasteiger partial charge in [0.2, 0.25) is 0 Å². The summed E-state index contributed by atoms with van der Waals surface area (Å²) in [4.78, 5) is 3.08. The van der Waals surface area contributed by atoms with E-state index in [0.717, 1.165) is 5.56 Å². The normalized spacial score (nSPS) is 11.2. The SMILES string of the molecule is N#Cc1ccc(N=[N+]=[N-])cc1[S@@](=O)Cc1ccccc1. The maximum Gasteiger partial charge on any atom is 0.100 e. The van der Waals surface area contributed by atoms with Gasteiger partial charge < -0.3 is 0 Å². The average Bonchev–Trinajstić information content (AvgIpc) is 2.48. The summed E-state index contributed by atoms with van der Waals surface area (Å²) >= 11 is 0. The van der Waals surface area contributed by atoms with Crippen LogP contribution in [0.4, 0.5) is 5.69 Å². The molecule has 0 bridgehead atoms. The van der Waals surface area contributed by atoms with Gasteiger partial charge in [-0.3, -0.25) is 4.21 Å². The Labute approximate surface area is 118 Å². The summed E-state index contributed by atoms with van der Waals surface area (Å²) in [7, 11) is -1.37. The lowest BCUT2D eigenvalue weighted by molar-refractivity contribution is 0.682. The summed E-state index contributed by atoms with van der Waals surface area (Å²) in [5.74, 6) is 0.315. The fraction of sp³-hybridized carbons (Fsp3) is 0.0714. The van der Waals surface area contributed by atoms with Crippen LogP contribution in [0.15, 0.2) is 58.5 Å². The van der Waals surface area contributed by atoms with E-state index in [1.165, 1.54) is 18.2 Å². The van der Waals surface area contributed by atoms with Gasteiger partial charge in [-0.05, 0) is 23.2 Å². The highest BCUT2D eigenvalue weighted by atomic mass is 32.2. The predicted molar refractivity (Wildman–Crippen MR) is 76.5 cm³/mol. The quantitative estimate of drug-likeness (QED) is 0.484. The van der Waals surface area contributed by atoms with Crippen molar-refractivity contribution in [1.82, 2.24) is 0 Å². The van der Waals surface area contributed by atoms with Crippen LogP contribution in [0.25, 0.3) is 10.4 Å². The maximum atomic E-state index is 12.4. The second-order valence-corrected chi connectivity index (χ2v) is 5.38. The molecule has 0 aliphatic rings. The van der Waals surface area contributed by atoms with E-state index in [-0.39, 0.29) is 0 Å². The van der Waals surface area contributed by atoms with Gasteiger partial charge in [-0.15, -0.1) is 0 Å². The van der Waals surface area contributed by atoms with Gasteiger partial charge in [0.15, 0.2) is 0 Å². The van der Waals surface area contributed by atoms with Gasteiger partial charge >= 0.3 is 0 Å². The molecule has 0 aliphatic heterocycles. The summed E-state index contributed by atoms with van der Waals surface area (Å²) < 4.78 is 12.4. The van der Waals surface area contributed by atoms with Gasteiger partial charge in [-0.2, -0.15) is 5.26 Å². The second kappa shape index (κ2) is 6.53. The fourth-order valence-corrected chi connectivity index (χ4v) is 2.97. The topological polar surface area (TPSA) is 89.6 Å². The highest BCUT2D eigenvalue weighted by molar-refractivity contribution is 7.84. The number of rotatable bonds is 4. The first-order valence-corrected chi connectivity index (χ1v) is 7.08. The van der Waals surface area contributed by atoms with E-state index in [9.17, 15) is 4.21 Å². The van der Waals surface area contributed by atoms with E-state index >= 15 is 0 Å². The highest BCUT2D eigenvalue weighted by Crippen LogP contribution is 2.23. The van der Waals surface area contributed by atoms with Gasteiger partial charge in [0, 0.05) is 10.6 Å². The minimum atomic E-state index is -1.37. The molecular weight excluding hydrogens is 272 g/mol. The summed E-state index contributed by atoms with van der Waals surface area (Å²) in [6, 6.07) is 15.9. The van der Waals surface area contributed by atoms with E-state index in [1.807, 2.05) is 36.4 Å². The van der Waals surface area contributed by atoms with Crippen LogP contribution >= 0.6 is 0 Å². The Morgan fingerprint density at radius 1 is 1.25 bits per heavy atom. The van der Waals surface area contributed by atoms with Gasteiger partial charge in [0.05, 0.1) is 27.0 Å². The van der Waals surface area contributed by atoms with Gasteiger partial charge in [0.1, 0.15) is 6.07 Å². The van der Waals surface area contributed by atoms with Gasteiger partial charge in [-0.25, -0.2) is 0 Å². The first kappa shape index (κ1) is 13.8. The van der Waals surface area contributed by atoms with Crippen molar-refractivity contribution in [3.63, 3.8) is 0 Å². The zero-order valence-corrected chi connectivity index (χ0v) is 11.2. The molecule has 5 nitrogen and oxygen atoms in total. The third kappa shape index (κ3) is 3.23. The fourth-order valence-electron chi connectivity index (χ4n) is 1.71. The van der Waals surface area contributed by atoms with Crippen molar-refractivity contribution < 1.29 is 4.21 Å². The van der Waals surface area contributed by atoms with E-state index in [2.05, 4.69) is 10.0 Å². The first-order valence-electron chi connectivity index (χ1n) is 5.76. The van der Waals surface area contributed by atoms with Crippen LogP contribution in [-0.4, -0.2) is 4.21 Å². The molecule has 1 atom stereocenters. The summed E-state index contributed by atoms with van der Waals surface area (Å²) in [5.41, 5.74) is 10.0. The molecular formula is C14H10N4OS. The number of azide groups is 1. The standard InChI is InChI=1S/C14H10N4OS/c15-9-12-6-7-13(17-18-16)8-14(12)20(19)10-11-4-2-1-3-5-11/h1-8H,10H2/t20-/m0/s1. The molecule has 0 aromatic heterocycles. The number of nitrogens with zero attached hydrogens (tertiary/aromatic N) is 4. The lowest BCUT2D eigenvalue weighted by atomic mass is 10.2. The smallest absolute Gasteiger partial charge is 0.100 e. The maximum absolute atomic E-state index is 12.4. The molecule has 0 radical (unpaired) electrons. The van der Waals surface area contributed by atoms with Crippen molar-refractivity contribution >= 4 is 16.5 Å². The molecule has 2 aromatic rings. The van der Waals surface area contributed by atoms with Crippen molar-refractivity contribution in [2.75, 3.05) is 0 Å². The lowest BCUT2D eigenvalue weighted by Crippen LogP contribution is -1.99. The molecule has 0 spiro atoms. The van der Waals surface area contributed by atoms with Crippen LogP contribution in [-0.2, 0) is 16.6 Å². The molecule has 2 rings (SSSR count). The first-order chi connectivity index (χ1) is 9.74. The summed E-state index contributed by atoms with van der Waals surface area (Å²) in [6.07, 6.45) is 0. The Hall–Kier alpha value is -2.61. The third-order valence-electron chi connectivity index (χ3n) is 2.63. The van der Waals surface area contributed by atoms with Gasteiger partial charge in [0.25, 0.3) is 0 Å². The van der Waals surface area contributed by atoms with Gasteiger partial charge in [-0.1, -0.05) is 41.5 Å². The Balaban J connectivity index is 2.35. The highest BCUT2D eigenvalue weighted by Gasteiger charge is 2.11. The Morgan fingerprint density at radius 2 is 2.00 bits per heavy atom. The molecule has 0 N–H and O–H groups in total. The van der Waals surface area contributed by atoms with Crippen molar-refractivity contribution in [2.45, 2.75) is 10.6 Å². The lowest BCUT2D eigenvalue weighted by Gasteiger charge is -2.05. The number of benzene rings is 2. The zero-order valence-electron chi connectivity index (χ0n) is 10.4. The van der Waals surface area contributed by atoms with Crippen LogP contribution in [0.2, 0.25) is 0 Å². The van der Waals surface area contributed by atoms with Crippen molar-refractivity contribution in [3.05, 3.63) is 70.1 Å². The molecule has 0 heterocycles. The second-order valence-electron chi connectivity index (χ2n) is 3.96. The zero-order chi connectivity index (χ0) is 14.4. The third-order valence-corrected chi connectivity index (χ3v) is 4.06. The molecule has 0 fully saturated rings. The molecule has 2 aromatic carbocycles. The van der Waals surface area contributed by atoms with Crippen molar-refractivity contribution in [1.29, 1.82) is 5.26 Å². The van der Waals surface area contributed by atoms with Crippen LogP contribution in [0, 0.1) is 11.3 Å². The van der Waals surface area contributed by atoms with E-state index < -0.39 is 10.8 Å². The molecule has 98 valence electrons.